The topological polar surface area (TPSA) is 112 Å². The van der Waals surface area contributed by atoms with Gasteiger partial charge in [-0.3, -0.25) is 4.68 Å². The van der Waals surface area contributed by atoms with Crippen LogP contribution in [0, 0.1) is 11.3 Å². The number of nitriles is 1. The van der Waals surface area contributed by atoms with Crippen LogP contribution in [-0.2, 0) is 16.5 Å². The zero-order valence-corrected chi connectivity index (χ0v) is 16.8. The number of aromatic nitrogens is 5. The van der Waals surface area contributed by atoms with Crippen LogP contribution in [-0.4, -0.2) is 56.8 Å². The van der Waals surface area contributed by atoms with Gasteiger partial charge in [-0.05, 0) is 19.9 Å². The van der Waals surface area contributed by atoms with E-state index in [1.165, 1.54) is 0 Å². The van der Waals surface area contributed by atoms with Crippen molar-refractivity contribution in [3.8, 4) is 11.9 Å². The molecule has 3 aromatic heterocycles. The zero-order chi connectivity index (χ0) is 20.5. The Morgan fingerprint density at radius 2 is 2.21 bits per heavy atom. The fourth-order valence-corrected chi connectivity index (χ4v) is 3.46. The number of nitrogens with one attached hydrogen (secondary N) is 1. The van der Waals surface area contributed by atoms with Crippen LogP contribution < -0.4 is 10.1 Å². The summed E-state index contributed by atoms with van der Waals surface area (Å²) in [6, 6.07) is 3.89. The first kappa shape index (κ1) is 19.2. The van der Waals surface area contributed by atoms with Crippen molar-refractivity contribution in [3.63, 3.8) is 0 Å². The van der Waals surface area contributed by atoms with Crippen LogP contribution >= 0.6 is 0 Å². The fraction of sp³-hybridized carbons (Fsp3) is 0.474. The minimum absolute atomic E-state index is 0.0161. The van der Waals surface area contributed by atoms with E-state index in [1.54, 1.807) is 30.3 Å². The smallest absolute Gasteiger partial charge is 0.257 e. The van der Waals surface area contributed by atoms with Gasteiger partial charge in [0.05, 0.1) is 31.6 Å². The van der Waals surface area contributed by atoms with Gasteiger partial charge in [0.25, 0.3) is 5.88 Å². The molecule has 0 aliphatic carbocycles. The Balaban J connectivity index is 1.73. The summed E-state index contributed by atoms with van der Waals surface area (Å²) in [5, 5.41) is 17.9. The summed E-state index contributed by atoms with van der Waals surface area (Å²) >= 11 is 0. The summed E-state index contributed by atoms with van der Waals surface area (Å²) in [4.78, 5) is 9.05. The van der Waals surface area contributed by atoms with Gasteiger partial charge in [-0.25, -0.2) is 4.98 Å². The van der Waals surface area contributed by atoms with E-state index in [2.05, 4.69) is 26.5 Å². The molecule has 0 radical (unpaired) electrons. The molecule has 1 aliphatic rings. The number of methoxy groups -OCH3 is 1. The third-order valence-corrected chi connectivity index (χ3v) is 4.71. The molecule has 1 fully saturated rings. The van der Waals surface area contributed by atoms with E-state index in [1.807, 2.05) is 25.5 Å². The lowest BCUT2D eigenvalue weighted by atomic mass is 10.2. The van der Waals surface area contributed by atoms with Crippen molar-refractivity contribution in [1.29, 1.82) is 5.26 Å². The predicted molar refractivity (Wildman–Crippen MR) is 105 cm³/mol. The quantitative estimate of drug-likeness (QED) is 0.673. The van der Waals surface area contributed by atoms with Crippen molar-refractivity contribution in [3.05, 3.63) is 24.2 Å². The number of hydrogen-bond donors (Lipinski definition) is 1. The van der Waals surface area contributed by atoms with Crippen LogP contribution in [0.4, 0.5) is 11.6 Å². The van der Waals surface area contributed by atoms with Crippen molar-refractivity contribution in [2.75, 3.05) is 25.6 Å². The minimum atomic E-state index is -0.145. The Kier molecular flexibility index (Phi) is 5.08. The van der Waals surface area contributed by atoms with Crippen molar-refractivity contribution in [2.24, 2.45) is 7.05 Å². The molecule has 0 spiro atoms. The lowest BCUT2D eigenvalue weighted by Gasteiger charge is -2.19. The first-order chi connectivity index (χ1) is 14.0. The van der Waals surface area contributed by atoms with Gasteiger partial charge in [-0.15, -0.1) is 5.10 Å². The van der Waals surface area contributed by atoms with Crippen LogP contribution in [0.15, 0.2) is 18.5 Å². The Labute approximate surface area is 168 Å². The van der Waals surface area contributed by atoms with Crippen LogP contribution in [0.5, 0.6) is 5.88 Å². The molecule has 1 N–H and O–H groups in total. The Bertz CT molecular complexity index is 1070. The first-order valence-electron chi connectivity index (χ1n) is 9.36. The van der Waals surface area contributed by atoms with Gasteiger partial charge in [0, 0.05) is 25.7 Å². The molecule has 1 aliphatic heterocycles. The molecule has 10 heteroatoms. The van der Waals surface area contributed by atoms with Crippen LogP contribution in [0.2, 0.25) is 0 Å². The predicted octanol–water partition coefficient (Wildman–Crippen LogP) is 2.15. The molecule has 0 unspecified atom stereocenters. The van der Waals surface area contributed by atoms with Gasteiger partial charge in [-0.2, -0.15) is 10.2 Å². The summed E-state index contributed by atoms with van der Waals surface area (Å²) in [6.07, 6.45) is 3.33. The largest absolute Gasteiger partial charge is 0.472 e. The van der Waals surface area contributed by atoms with Crippen LogP contribution in [0.3, 0.4) is 0 Å². The van der Waals surface area contributed by atoms with Gasteiger partial charge in [-0.1, -0.05) is 0 Å². The summed E-state index contributed by atoms with van der Waals surface area (Å²) in [5.41, 5.74) is 1.80. The van der Waals surface area contributed by atoms with Gasteiger partial charge in [0.1, 0.15) is 29.2 Å². The number of ether oxygens (including phenoxy) is 3. The van der Waals surface area contributed by atoms with Crippen molar-refractivity contribution in [2.45, 2.75) is 32.1 Å². The van der Waals surface area contributed by atoms with E-state index in [0.29, 0.717) is 42.1 Å². The third kappa shape index (κ3) is 3.62. The van der Waals surface area contributed by atoms with Gasteiger partial charge in [0.2, 0.25) is 5.95 Å². The molecule has 0 amide bonds. The molecule has 29 heavy (non-hydrogen) atoms. The molecule has 0 saturated carbocycles. The molecular formula is C19H23N7O3. The van der Waals surface area contributed by atoms with Crippen molar-refractivity contribution < 1.29 is 14.2 Å². The normalized spacial score (nSPS) is 19.0. The standard InChI is InChI=1S/C19H23N7O3/c1-11(2)29-18-14(8-25(3)24-18)22-19-21-7-12-5-13(6-20)26(17(12)23-19)15-9-28-10-16(15)27-4/h5,7-8,11,15-16H,9-10H2,1-4H3,(H,21,22,23)/t15-,16+/m1/s1. The first-order valence-corrected chi connectivity index (χ1v) is 9.36. The molecule has 4 rings (SSSR count). The maximum atomic E-state index is 9.62. The maximum absolute atomic E-state index is 9.62. The number of fused-ring (bicyclic) bond motifs is 1. The lowest BCUT2D eigenvalue weighted by molar-refractivity contribution is 0.0690. The second-order valence-corrected chi connectivity index (χ2v) is 7.18. The monoisotopic (exact) mass is 397 g/mol. The van der Waals surface area contributed by atoms with Crippen LogP contribution in [0.1, 0.15) is 25.6 Å². The Morgan fingerprint density at radius 3 is 2.93 bits per heavy atom. The molecule has 3 aromatic rings. The van der Waals surface area contributed by atoms with Crippen LogP contribution in [0.25, 0.3) is 11.0 Å². The van der Waals surface area contributed by atoms with Crippen molar-refractivity contribution >= 4 is 22.7 Å². The van der Waals surface area contributed by atoms with Gasteiger partial charge in [0.15, 0.2) is 0 Å². The highest BCUT2D eigenvalue weighted by atomic mass is 16.5. The molecular weight excluding hydrogens is 374 g/mol. The summed E-state index contributed by atoms with van der Waals surface area (Å²) in [5.74, 6) is 0.860. The SMILES string of the molecule is CO[C@H]1COC[C@H]1n1c(C#N)cc2cnc(Nc3cn(C)nc3OC(C)C)nc21. The van der Waals surface area contributed by atoms with E-state index < -0.39 is 0 Å². The highest BCUT2D eigenvalue weighted by Crippen LogP contribution is 2.31. The summed E-state index contributed by atoms with van der Waals surface area (Å²) in [7, 11) is 3.46. The molecule has 152 valence electrons. The Morgan fingerprint density at radius 1 is 1.38 bits per heavy atom. The average molecular weight is 397 g/mol. The molecule has 2 atom stereocenters. The second kappa shape index (κ2) is 7.69. The van der Waals surface area contributed by atoms with E-state index in [9.17, 15) is 5.26 Å². The number of nitrogens with zero attached hydrogens (tertiary/aromatic N) is 6. The van der Waals surface area contributed by atoms with E-state index >= 15 is 0 Å². The second-order valence-electron chi connectivity index (χ2n) is 7.18. The zero-order valence-electron chi connectivity index (χ0n) is 16.8. The lowest BCUT2D eigenvalue weighted by Crippen LogP contribution is -2.25. The number of aryl methyl sites for hydroxylation is 1. The summed E-state index contributed by atoms with van der Waals surface area (Å²) in [6.45, 7) is 4.81. The van der Waals surface area contributed by atoms with Crippen molar-refractivity contribution in [1.82, 2.24) is 24.3 Å². The third-order valence-electron chi connectivity index (χ3n) is 4.71. The van der Waals surface area contributed by atoms with E-state index in [0.717, 1.165) is 5.39 Å². The van der Waals surface area contributed by atoms with Gasteiger partial charge < -0.3 is 24.1 Å². The highest BCUT2D eigenvalue weighted by molar-refractivity contribution is 5.79. The highest BCUT2D eigenvalue weighted by Gasteiger charge is 2.32. The number of rotatable bonds is 6. The van der Waals surface area contributed by atoms with E-state index in [-0.39, 0.29) is 18.2 Å². The minimum Gasteiger partial charge on any atom is -0.472 e. The number of hydrogen-bond acceptors (Lipinski definition) is 8. The molecule has 4 heterocycles. The Hall–Kier alpha value is -3.16. The van der Waals surface area contributed by atoms with E-state index in [4.69, 9.17) is 14.2 Å². The fourth-order valence-electron chi connectivity index (χ4n) is 3.46. The molecule has 1 saturated heterocycles. The molecule has 10 nitrogen and oxygen atoms in total. The molecule has 0 aromatic carbocycles. The molecule has 0 bridgehead atoms. The van der Waals surface area contributed by atoms with Gasteiger partial charge >= 0.3 is 0 Å². The maximum Gasteiger partial charge on any atom is 0.257 e. The summed E-state index contributed by atoms with van der Waals surface area (Å²) < 4.78 is 20.4. The average Bonchev–Trinajstić information content (AvgIpc) is 3.37. The number of anilines is 2.